The normalized spacial score (nSPS) is 23.5. The largest absolute Gasteiger partial charge is 0.353 e. The molecule has 0 aromatic rings. The first-order valence-corrected chi connectivity index (χ1v) is 8.85. The first-order valence-electron chi connectivity index (χ1n) is 8.85. The van der Waals surface area contributed by atoms with Gasteiger partial charge in [0.15, 0.2) is 0 Å². The summed E-state index contributed by atoms with van der Waals surface area (Å²) < 4.78 is 0. The van der Waals surface area contributed by atoms with Gasteiger partial charge in [-0.2, -0.15) is 0 Å². The summed E-state index contributed by atoms with van der Waals surface area (Å²) in [4.78, 5) is 40.2. The molecule has 1 heterocycles. The molecule has 1 saturated heterocycles. The van der Waals surface area contributed by atoms with Crippen LogP contribution >= 0.6 is 0 Å². The first-order chi connectivity index (χ1) is 11.3. The van der Waals surface area contributed by atoms with E-state index in [0.717, 1.165) is 11.4 Å². The quantitative estimate of drug-likeness (QED) is 0.560. The van der Waals surface area contributed by atoms with Crippen LogP contribution in [0.3, 0.4) is 0 Å². The van der Waals surface area contributed by atoms with Gasteiger partial charge >= 0.3 is 0 Å². The Kier molecular flexibility index (Phi) is 6.15. The molecule has 1 fully saturated rings. The number of rotatable bonds is 7. The second kappa shape index (κ2) is 7.92. The van der Waals surface area contributed by atoms with Crippen LogP contribution in [0.15, 0.2) is 12.2 Å². The Bertz CT molecular complexity index is 494. The number of fused-ring (bicyclic) bond motifs is 1. The molecule has 0 bridgehead atoms. The molecule has 2 atom stereocenters. The van der Waals surface area contributed by atoms with Gasteiger partial charge in [0.05, 0.1) is 11.8 Å². The Labute approximate surface area is 144 Å². The van der Waals surface area contributed by atoms with Gasteiger partial charge in [0.1, 0.15) is 6.54 Å². The first kappa shape index (κ1) is 18.6. The van der Waals surface area contributed by atoms with Crippen molar-refractivity contribution < 1.29 is 14.4 Å². The summed E-state index contributed by atoms with van der Waals surface area (Å²) in [6, 6.07) is 0.804. The van der Waals surface area contributed by atoms with E-state index in [1.54, 1.807) is 0 Å². The molecule has 3 amide bonds. The predicted molar refractivity (Wildman–Crippen MR) is 92.1 cm³/mol. The van der Waals surface area contributed by atoms with E-state index >= 15 is 0 Å². The van der Waals surface area contributed by atoms with Crippen molar-refractivity contribution in [3.05, 3.63) is 12.2 Å². The molecular weight excluding hydrogens is 306 g/mol. The smallest absolute Gasteiger partial charge is 0.240 e. The lowest BCUT2D eigenvalue weighted by Gasteiger charge is -2.30. The van der Waals surface area contributed by atoms with Crippen LogP contribution in [0.2, 0.25) is 0 Å². The highest BCUT2D eigenvalue weighted by atomic mass is 16.2. The number of hydrogen-bond acceptors (Lipinski definition) is 4. The van der Waals surface area contributed by atoms with Crippen molar-refractivity contribution >= 4 is 17.7 Å². The second-order valence-electron chi connectivity index (χ2n) is 7.19. The van der Waals surface area contributed by atoms with Crippen molar-refractivity contribution in [2.75, 3.05) is 19.6 Å². The highest BCUT2D eigenvalue weighted by Crippen LogP contribution is 2.34. The third-order valence-corrected chi connectivity index (χ3v) is 4.92. The fourth-order valence-corrected chi connectivity index (χ4v) is 3.66. The molecule has 134 valence electrons. The van der Waals surface area contributed by atoms with E-state index in [9.17, 15) is 14.4 Å². The number of nitrogens with one attached hydrogen (secondary N) is 1. The van der Waals surface area contributed by atoms with Crippen LogP contribution < -0.4 is 5.32 Å². The van der Waals surface area contributed by atoms with E-state index in [-0.39, 0.29) is 36.1 Å². The Morgan fingerprint density at radius 1 is 1.12 bits per heavy atom. The number of carbonyl (C=O) groups excluding carboxylic acids is 3. The summed E-state index contributed by atoms with van der Waals surface area (Å²) in [6.07, 6.45) is 5.10. The second-order valence-corrected chi connectivity index (χ2v) is 7.19. The average molecular weight is 335 g/mol. The van der Waals surface area contributed by atoms with E-state index in [4.69, 9.17) is 0 Å². The summed E-state index contributed by atoms with van der Waals surface area (Å²) in [7, 11) is 0. The van der Waals surface area contributed by atoms with E-state index in [1.807, 2.05) is 12.2 Å². The van der Waals surface area contributed by atoms with Crippen LogP contribution in [0.1, 0.15) is 40.5 Å². The molecule has 0 radical (unpaired) electrons. The number of amides is 3. The van der Waals surface area contributed by atoms with Gasteiger partial charge in [-0.15, -0.1) is 0 Å². The van der Waals surface area contributed by atoms with Crippen LogP contribution in [-0.4, -0.2) is 59.2 Å². The van der Waals surface area contributed by atoms with Crippen molar-refractivity contribution in [3.8, 4) is 0 Å². The van der Waals surface area contributed by atoms with Gasteiger partial charge in [0.2, 0.25) is 17.7 Å². The lowest BCUT2D eigenvalue weighted by Crippen LogP contribution is -2.45. The molecule has 0 aromatic heterocycles. The minimum absolute atomic E-state index is 0.159. The number of carbonyl (C=O) groups is 3. The summed E-state index contributed by atoms with van der Waals surface area (Å²) in [5.41, 5.74) is 0. The minimum atomic E-state index is -0.271. The van der Waals surface area contributed by atoms with E-state index in [2.05, 4.69) is 37.9 Å². The van der Waals surface area contributed by atoms with E-state index in [0.29, 0.717) is 31.5 Å². The Morgan fingerprint density at radius 3 is 2.08 bits per heavy atom. The van der Waals surface area contributed by atoms with Crippen LogP contribution in [0, 0.1) is 11.8 Å². The zero-order valence-corrected chi connectivity index (χ0v) is 15.1. The standard InChI is InChI=1S/C18H29N3O3/c1-12(2)20(13(3)4)10-9-19-16(22)11-21-17(23)14-7-5-6-8-15(14)18(21)24/h5-6,12-15H,7-11H2,1-4H3,(H,19,22). The maximum atomic E-state index is 12.3. The highest BCUT2D eigenvalue weighted by molar-refractivity contribution is 6.07. The fourth-order valence-electron chi connectivity index (χ4n) is 3.66. The average Bonchev–Trinajstić information content (AvgIpc) is 2.76. The summed E-state index contributed by atoms with van der Waals surface area (Å²) >= 11 is 0. The van der Waals surface area contributed by atoms with Gasteiger partial charge in [-0.1, -0.05) is 12.2 Å². The SMILES string of the molecule is CC(C)N(CCNC(=O)CN1C(=O)C2CC=CCC2C1=O)C(C)C. The van der Waals surface area contributed by atoms with Crippen LogP contribution in [-0.2, 0) is 14.4 Å². The van der Waals surface area contributed by atoms with Gasteiger partial charge in [-0.3, -0.25) is 24.2 Å². The molecule has 2 unspecified atom stereocenters. The van der Waals surface area contributed by atoms with Crippen molar-refractivity contribution in [3.63, 3.8) is 0 Å². The van der Waals surface area contributed by atoms with Gasteiger partial charge in [0.25, 0.3) is 0 Å². The molecular formula is C18H29N3O3. The molecule has 6 nitrogen and oxygen atoms in total. The number of likely N-dealkylation sites (tertiary alicyclic amines) is 1. The lowest BCUT2D eigenvalue weighted by atomic mass is 9.85. The van der Waals surface area contributed by atoms with Gasteiger partial charge in [-0.05, 0) is 40.5 Å². The molecule has 24 heavy (non-hydrogen) atoms. The van der Waals surface area contributed by atoms with Crippen LogP contribution in [0.5, 0.6) is 0 Å². The zero-order chi connectivity index (χ0) is 17.9. The molecule has 1 N–H and O–H groups in total. The fraction of sp³-hybridized carbons (Fsp3) is 0.722. The summed E-state index contributed by atoms with van der Waals surface area (Å²) in [5.74, 6) is -1.21. The van der Waals surface area contributed by atoms with Crippen molar-refractivity contribution in [2.24, 2.45) is 11.8 Å². The van der Waals surface area contributed by atoms with Crippen molar-refractivity contribution in [1.29, 1.82) is 0 Å². The molecule has 2 aliphatic rings. The zero-order valence-electron chi connectivity index (χ0n) is 15.1. The van der Waals surface area contributed by atoms with Gasteiger partial charge in [-0.25, -0.2) is 0 Å². The molecule has 1 aliphatic heterocycles. The Balaban J connectivity index is 1.82. The summed E-state index contributed by atoms with van der Waals surface area (Å²) in [6.45, 7) is 9.60. The van der Waals surface area contributed by atoms with E-state index in [1.165, 1.54) is 0 Å². The number of hydrogen-bond donors (Lipinski definition) is 1. The number of imide groups is 1. The van der Waals surface area contributed by atoms with Crippen LogP contribution in [0.4, 0.5) is 0 Å². The van der Waals surface area contributed by atoms with Crippen LogP contribution in [0.25, 0.3) is 0 Å². The Morgan fingerprint density at radius 2 is 1.62 bits per heavy atom. The molecule has 2 rings (SSSR count). The Hall–Kier alpha value is -1.69. The topological polar surface area (TPSA) is 69.7 Å². The maximum Gasteiger partial charge on any atom is 0.240 e. The van der Waals surface area contributed by atoms with Gasteiger partial charge in [0, 0.05) is 25.2 Å². The molecule has 6 heteroatoms. The predicted octanol–water partition coefficient (Wildman–Crippen LogP) is 1.17. The van der Waals surface area contributed by atoms with E-state index < -0.39 is 0 Å². The molecule has 0 spiro atoms. The highest BCUT2D eigenvalue weighted by Gasteiger charge is 2.47. The molecule has 0 aromatic carbocycles. The third-order valence-electron chi connectivity index (χ3n) is 4.92. The monoisotopic (exact) mass is 335 g/mol. The maximum absolute atomic E-state index is 12.3. The third kappa shape index (κ3) is 4.04. The van der Waals surface area contributed by atoms with Crippen molar-refractivity contribution in [1.82, 2.24) is 15.1 Å². The van der Waals surface area contributed by atoms with Crippen molar-refractivity contribution in [2.45, 2.75) is 52.6 Å². The minimum Gasteiger partial charge on any atom is -0.353 e. The molecule has 0 saturated carbocycles. The summed E-state index contributed by atoms with van der Waals surface area (Å²) in [5, 5.41) is 2.83. The number of allylic oxidation sites excluding steroid dienone is 2. The number of nitrogens with zero attached hydrogens (tertiary/aromatic N) is 2. The molecule has 1 aliphatic carbocycles. The lowest BCUT2D eigenvalue weighted by molar-refractivity contribution is -0.143. The van der Waals surface area contributed by atoms with Gasteiger partial charge < -0.3 is 5.32 Å².